The normalized spacial score (nSPS) is 24.2. The standard InChI is InChI=1S/C14H20N2O5S.Na/c1-4-7-8-5-10(11(14(20)21)16(8)12(7)17)22-6-9(13(18)19)15(2)3;/h7-9H,4-6H2,1-3H3,(H,18,19)(H,20,21);/q;+1/p-1/t7-,8-,9-;/m1./s1. The van der Waals surface area contributed by atoms with Crippen molar-refractivity contribution in [2.24, 2.45) is 5.92 Å². The van der Waals surface area contributed by atoms with Crippen LogP contribution in [-0.4, -0.2) is 64.7 Å². The average molecular weight is 350 g/mol. The summed E-state index contributed by atoms with van der Waals surface area (Å²) in [6.45, 7) is 1.91. The van der Waals surface area contributed by atoms with Crippen LogP contribution in [0.5, 0.6) is 0 Å². The summed E-state index contributed by atoms with van der Waals surface area (Å²) in [6, 6.07) is -0.898. The van der Waals surface area contributed by atoms with Crippen LogP contribution in [0.15, 0.2) is 10.6 Å². The van der Waals surface area contributed by atoms with Crippen molar-refractivity contribution in [2.45, 2.75) is 31.8 Å². The molecule has 1 saturated heterocycles. The van der Waals surface area contributed by atoms with Gasteiger partial charge in [-0.25, -0.2) is 4.79 Å². The largest absolute Gasteiger partial charge is 1.00 e. The van der Waals surface area contributed by atoms with Gasteiger partial charge in [-0.05, 0) is 20.5 Å². The smallest absolute Gasteiger partial charge is 0.548 e. The molecular formula is C14H19N2NaO5S. The third kappa shape index (κ3) is 3.76. The van der Waals surface area contributed by atoms with E-state index in [1.54, 1.807) is 14.1 Å². The fraction of sp³-hybridized carbons (Fsp3) is 0.643. The average Bonchev–Trinajstić information content (AvgIpc) is 2.74. The minimum atomic E-state index is -1.20. The van der Waals surface area contributed by atoms with Gasteiger partial charge >= 0.3 is 35.5 Å². The SMILES string of the molecule is CC[C@H]1C(=O)N2C(C(=O)O)=C(SC[C@H](C(=O)[O-])N(C)C)C[C@H]12.[Na+]. The summed E-state index contributed by atoms with van der Waals surface area (Å²) in [7, 11) is 3.26. The van der Waals surface area contributed by atoms with Gasteiger partial charge in [0.25, 0.3) is 0 Å². The molecule has 3 atom stereocenters. The zero-order chi connectivity index (χ0) is 16.6. The van der Waals surface area contributed by atoms with Crippen molar-refractivity contribution >= 4 is 29.6 Å². The monoisotopic (exact) mass is 350 g/mol. The Morgan fingerprint density at radius 3 is 2.52 bits per heavy atom. The molecule has 2 rings (SSSR count). The van der Waals surface area contributed by atoms with Gasteiger partial charge in [0.15, 0.2) is 0 Å². The Kier molecular flexibility index (Phi) is 7.15. The zero-order valence-electron chi connectivity index (χ0n) is 13.7. The van der Waals surface area contributed by atoms with Gasteiger partial charge in [-0.3, -0.25) is 4.79 Å². The number of carboxylic acid groups (broad SMARTS) is 2. The quantitative estimate of drug-likeness (QED) is 0.373. The van der Waals surface area contributed by atoms with E-state index in [9.17, 15) is 24.6 Å². The van der Waals surface area contributed by atoms with Crippen LogP contribution in [0.2, 0.25) is 0 Å². The maximum atomic E-state index is 12.0. The number of nitrogens with zero attached hydrogens (tertiary/aromatic N) is 2. The number of thioether (sulfide) groups is 1. The number of carbonyl (C=O) groups is 3. The maximum Gasteiger partial charge on any atom is 1.00 e. The molecule has 0 unspecified atom stereocenters. The molecule has 122 valence electrons. The number of fused-ring (bicyclic) bond motifs is 1. The molecule has 0 aliphatic carbocycles. The molecule has 0 spiro atoms. The number of hydrogen-bond acceptors (Lipinski definition) is 6. The van der Waals surface area contributed by atoms with E-state index in [0.717, 1.165) is 0 Å². The van der Waals surface area contributed by atoms with Crippen LogP contribution in [0.1, 0.15) is 19.8 Å². The molecule has 0 radical (unpaired) electrons. The summed E-state index contributed by atoms with van der Waals surface area (Å²) in [6.07, 6.45) is 1.17. The molecule has 0 aromatic heterocycles. The molecule has 2 aliphatic heterocycles. The number of rotatable bonds is 7. The first-order chi connectivity index (χ1) is 10.3. The predicted octanol–water partition coefficient (Wildman–Crippen LogP) is -3.66. The van der Waals surface area contributed by atoms with Crippen LogP contribution in [-0.2, 0) is 14.4 Å². The van der Waals surface area contributed by atoms with Gasteiger partial charge in [0.2, 0.25) is 5.91 Å². The number of likely N-dealkylation sites (N-methyl/N-ethyl adjacent to an activating group) is 1. The van der Waals surface area contributed by atoms with Crippen LogP contribution < -0.4 is 34.7 Å². The zero-order valence-corrected chi connectivity index (χ0v) is 16.6. The van der Waals surface area contributed by atoms with Crippen molar-refractivity contribution in [2.75, 3.05) is 19.8 Å². The first-order valence-electron chi connectivity index (χ1n) is 7.09. The first kappa shape index (κ1) is 20.5. The molecule has 0 saturated carbocycles. The van der Waals surface area contributed by atoms with Crippen LogP contribution in [0.4, 0.5) is 0 Å². The summed E-state index contributed by atoms with van der Waals surface area (Å²) in [5.74, 6) is -2.42. The molecular weight excluding hydrogens is 331 g/mol. The molecule has 1 fully saturated rings. The topological polar surface area (TPSA) is 101 Å². The van der Waals surface area contributed by atoms with E-state index in [1.807, 2.05) is 6.92 Å². The summed E-state index contributed by atoms with van der Waals surface area (Å²) in [5, 5.41) is 20.5. The molecule has 7 nitrogen and oxygen atoms in total. The Balaban J connectivity index is 0.00000264. The molecule has 0 bridgehead atoms. The number of β-lactam (4-membered cyclic amide) rings is 1. The second-order valence-electron chi connectivity index (χ2n) is 5.68. The van der Waals surface area contributed by atoms with E-state index < -0.39 is 18.0 Å². The summed E-state index contributed by atoms with van der Waals surface area (Å²) in [4.78, 5) is 38.0. The van der Waals surface area contributed by atoms with Gasteiger partial charge in [-0.15, -0.1) is 11.8 Å². The van der Waals surface area contributed by atoms with Gasteiger partial charge < -0.3 is 24.8 Å². The van der Waals surface area contributed by atoms with Gasteiger partial charge in [-0.1, -0.05) is 6.92 Å². The number of amides is 1. The summed E-state index contributed by atoms with van der Waals surface area (Å²) < 4.78 is 0. The minimum absolute atomic E-state index is 0. The third-order valence-corrected chi connectivity index (χ3v) is 5.39. The van der Waals surface area contributed by atoms with Crippen LogP contribution in [0, 0.1) is 5.92 Å². The maximum absolute atomic E-state index is 12.0. The summed E-state index contributed by atoms with van der Waals surface area (Å²) >= 11 is 1.19. The van der Waals surface area contributed by atoms with E-state index in [2.05, 4.69) is 0 Å². The van der Waals surface area contributed by atoms with Gasteiger partial charge in [-0.2, -0.15) is 0 Å². The van der Waals surface area contributed by atoms with Crippen molar-refractivity contribution in [3.05, 3.63) is 10.6 Å². The molecule has 0 aromatic carbocycles. The number of carboxylic acids is 2. The molecule has 0 aromatic rings. The third-order valence-electron chi connectivity index (χ3n) is 4.20. The predicted molar refractivity (Wildman–Crippen MR) is 78.6 cm³/mol. The van der Waals surface area contributed by atoms with E-state index in [0.29, 0.717) is 17.7 Å². The Hall–Kier alpha value is -0.540. The van der Waals surface area contributed by atoms with Crippen molar-refractivity contribution < 1.29 is 54.2 Å². The molecule has 2 aliphatic rings. The second kappa shape index (κ2) is 8.02. The molecule has 1 amide bonds. The van der Waals surface area contributed by atoms with Crippen molar-refractivity contribution in [3.8, 4) is 0 Å². The second-order valence-corrected chi connectivity index (χ2v) is 6.80. The number of aliphatic carboxylic acids is 2. The van der Waals surface area contributed by atoms with E-state index in [-0.39, 0.29) is 58.9 Å². The van der Waals surface area contributed by atoms with E-state index in [4.69, 9.17) is 0 Å². The Bertz CT molecular complexity index is 551. The van der Waals surface area contributed by atoms with Crippen LogP contribution in [0.3, 0.4) is 0 Å². The fourth-order valence-electron chi connectivity index (χ4n) is 2.94. The van der Waals surface area contributed by atoms with E-state index >= 15 is 0 Å². The number of carbonyl (C=O) groups excluding carboxylic acids is 2. The van der Waals surface area contributed by atoms with Gasteiger partial charge in [0.05, 0.1) is 24.0 Å². The fourth-order valence-corrected chi connectivity index (χ4v) is 4.34. The minimum Gasteiger partial charge on any atom is -0.548 e. The molecule has 23 heavy (non-hydrogen) atoms. The Labute approximate surface area is 161 Å². The first-order valence-corrected chi connectivity index (χ1v) is 8.07. The van der Waals surface area contributed by atoms with E-state index in [1.165, 1.54) is 21.6 Å². The molecule has 1 N–H and O–H groups in total. The van der Waals surface area contributed by atoms with Crippen molar-refractivity contribution in [3.63, 3.8) is 0 Å². The van der Waals surface area contributed by atoms with Crippen LogP contribution >= 0.6 is 11.8 Å². The van der Waals surface area contributed by atoms with Gasteiger partial charge in [0.1, 0.15) is 5.70 Å². The van der Waals surface area contributed by atoms with Crippen LogP contribution in [0.25, 0.3) is 0 Å². The molecule has 9 heteroatoms. The molecule has 2 heterocycles. The number of hydrogen-bond donors (Lipinski definition) is 1. The Morgan fingerprint density at radius 1 is 1.48 bits per heavy atom. The summed E-state index contributed by atoms with van der Waals surface area (Å²) in [5.41, 5.74) is 0.0144. The Morgan fingerprint density at radius 2 is 2.09 bits per heavy atom. The van der Waals surface area contributed by atoms with Crippen molar-refractivity contribution in [1.29, 1.82) is 0 Å². The van der Waals surface area contributed by atoms with Gasteiger partial charge in [0, 0.05) is 17.1 Å². The van der Waals surface area contributed by atoms with Crippen molar-refractivity contribution in [1.82, 2.24) is 9.80 Å².